The zero-order valence-electron chi connectivity index (χ0n) is 15.8. The summed E-state index contributed by atoms with van der Waals surface area (Å²) in [6.45, 7) is 2.82. The molecule has 0 radical (unpaired) electrons. The smallest absolute Gasteiger partial charge is 0.222 e. The molecule has 0 N–H and O–H groups in total. The number of rotatable bonds is 6. The normalized spacial score (nSPS) is 14.6. The van der Waals surface area contributed by atoms with Gasteiger partial charge in [0.15, 0.2) is 5.13 Å². The average Bonchev–Trinajstić information content (AvgIpc) is 3.15. The number of carbonyl (C=O) groups excluding carboxylic acids is 1. The summed E-state index contributed by atoms with van der Waals surface area (Å²) in [7, 11) is 0. The minimum atomic E-state index is -0.249. The van der Waals surface area contributed by atoms with Crippen LogP contribution >= 0.6 is 23.1 Å². The largest absolute Gasteiger partial charge is 0.345 e. The van der Waals surface area contributed by atoms with Crippen LogP contribution in [0.15, 0.2) is 47.4 Å². The molecule has 29 heavy (non-hydrogen) atoms. The molecular weight excluding hydrogens is 412 g/mol. The van der Waals surface area contributed by atoms with Gasteiger partial charge < -0.3 is 9.80 Å². The molecule has 152 valence electrons. The van der Waals surface area contributed by atoms with Gasteiger partial charge in [-0.05, 0) is 54.6 Å². The Morgan fingerprint density at radius 3 is 2.52 bits per heavy atom. The zero-order valence-corrected chi connectivity index (χ0v) is 17.4. The first kappa shape index (κ1) is 20.1. The van der Waals surface area contributed by atoms with E-state index in [0.29, 0.717) is 19.5 Å². The Morgan fingerprint density at radius 1 is 1.03 bits per heavy atom. The molecule has 1 saturated heterocycles. The Kier molecular flexibility index (Phi) is 6.30. The third-order valence-electron chi connectivity index (χ3n) is 4.86. The number of thiazole rings is 1. The summed E-state index contributed by atoms with van der Waals surface area (Å²) in [6.07, 6.45) is 1.32. The summed E-state index contributed by atoms with van der Waals surface area (Å²) in [5, 5.41) is 0.883. The molecule has 0 atom stereocenters. The van der Waals surface area contributed by atoms with Crippen LogP contribution in [0.2, 0.25) is 0 Å². The SMILES string of the molecule is O=C(CCCSc1ccc(F)cc1)N1CCN(c2nc3ccc(F)cc3s2)CC1. The van der Waals surface area contributed by atoms with Gasteiger partial charge in [-0.3, -0.25) is 4.79 Å². The molecule has 1 aliphatic heterocycles. The molecule has 2 heterocycles. The summed E-state index contributed by atoms with van der Waals surface area (Å²) in [4.78, 5) is 22.1. The summed E-state index contributed by atoms with van der Waals surface area (Å²) >= 11 is 3.13. The van der Waals surface area contributed by atoms with Gasteiger partial charge in [-0.25, -0.2) is 13.8 Å². The first-order valence-corrected chi connectivity index (χ1v) is 11.4. The Hall–Kier alpha value is -2.19. The van der Waals surface area contributed by atoms with Crippen LogP contribution in [0.4, 0.5) is 13.9 Å². The second-order valence-corrected chi connectivity index (χ2v) is 9.06. The summed E-state index contributed by atoms with van der Waals surface area (Å²) < 4.78 is 27.1. The Morgan fingerprint density at radius 2 is 1.76 bits per heavy atom. The number of aromatic nitrogens is 1. The summed E-state index contributed by atoms with van der Waals surface area (Å²) in [6, 6.07) is 11.1. The number of nitrogens with zero attached hydrogens (tertiary/aromatic N) is 3. The van der Waals surface area contributed by atoms with Crippen molar-refractivity contribution < 1.29 is 13.6 Å². The lowest BCUT2D eigenvalue weighted by molar-refractivity contribution is -0.131. The highest BCUT2D eigenvalue weighted by molar-refractivity contribution is 7.99. The van der Waals surface area contributed by atoms with Gasteiger partial charge in [0.05, 0.1) is 10.2 Å². The molecule has 1 aliphatic rings. The van der Waals surface area contributed by atoms with Crippen molar-refractivity contribution >= 4 is 44.4 Å². The molecule has 1 aromatic heterocycles. The topological polar surface area (TPSA) is 36.4 Å². The molecular formula is C21H21F2N3OS2. The van der Waals surface area contributed by atoms with Gasteiger partial charge in [0, 0.05) is 37.5 Å². The van der Waals surface area contributed by atoms with Gasteiger partial charge in [-0.15, -0.1) is 11.8 Å². The van der Waals surface area contributed by atoms with Crippen LogP contribution in [0.1, 0.15) is 12.8 Å². The maximum absolute atomic E-state index is 13.4. The lowest BCUT2D eigenvalue weighted by Crippen LogP contribution is -2.48. The van der Waals surface area contributed by atoms with Crippen LogP contribution in [0, 0.1) is 11.6 Å². The Balaban J connectivity index is 1.22. The summed E-state index contributed by atoms with van der Waals surface area (Å²) in [5.41, 5.74) is 0.809. The highest BCUT2D eigenvalue weighted by atomic mass is 32.2. The molecule has 0 aliphatic carbocycles. The zero-order chi connectivity index (χ0) is 20.2. The van der Waals surface area contributed by atoms with Crippen molar-refractivity contribution in [3.63, 3.8) is 0 Å². The minimum absolute atomic E-state index is 0.177. The van der Waals surface area contributed by atoms with Crippen molar-refractivity contribution in [1.29, 1.82) is 0 Å². The van der Waals surface area contributed by atoms with E-state index < -0.39 is 0 Å². The van der Waals surface area contributed by atoms with E-state index in [1.165, 1.54) is 35.6 Å². The van der Waals surface area contributed by atoms with Gasteiger partial charge in [0.1, 0.15) is 11.6 Å². The van der Waals surface area contributed by atoms with Crippen LogP contribution in [0.25, 0.3) is 10.2 Å². The maximum Gasteiger partial charge on any atom is 0.222 e. The van der Waals surface area contributed by atoms with Crippen LogP contribution in [-0.2, 0) is 4.79 Å². The molecule has 0 unspecified atom stereocenters. The van der Waals surface area contributed by atoms with E-state index in [9.17, 15) is 13.6 Å². The number of halogens is 2. The fraction of sp³-hybridized carbons (Fsp3) is 0.333. The van der Waals surface area contributed by atoms with Crippen LogP contribution < -0.4 is 4.90 Å². The molecule has 1 fully saturated rings. The van der Waals surface area contributed by atoms with Crippen molar-refractivity contribution in [3.05, 3.63) is 54.1 Å². The number of anilines is 1. The fourth-order valence-corrected chi connectivity index (χ4v) is 5.17. The molecule has 3 aromatic rings. The molecule has 0 saturated carbocycles. The average molecular weight is 434 g/mol. The summed E-state index contributed by atoms with van der Waals surface area (Å²) in [5.74, 6) is 0.526. The highest BCUT2D eigenvalue weighted by Crippen LogP contribution is 2.30. The first-order valence-electron chi connectivity index (χ1n) is 9.56. The van der Waals surface area contributed by atoms with E-state index in [1.54, 1.807) is 30.0 Å². The number of amides is 1. The van der Waals surface area contributed by atoms with Crippen LogP contribution in [-0.4, -0.2) is 47.7 Å². The van der Waals surface area contributed by atoms with Crippen molar-refractivity contribution in [2.75, 3.05) is 36.8 Å². The van der Waals surface area contributed by atoms with Gasteiger partial charge in [0.2, 0.25) is 5.91 Å². The van der Waals surface area contributed by atoms with Gasteiger partial charge in [0.25, 0.3) is 0 Å². The van der Waals surface area contributed by atoms with Crippen LogP contribution in [0.5, 0.6) is 0 Å². The number of hydrogen-bond acceptors (Lipinski definition) is 5. The van der Waals surface area contributed by atoms with E-state index in [2.05, 4.69) is 9.88 Å². The maximum atomic E-state index is 13.4. The second-order valence-electron chi connectivity index (χ2n) is 6.88. The third kappa shape index (κ3) is 5.05. The standard InChI is InChI=1S/C21H21F2N3OS2/c22-15-3-6-17(7-4-15)28-13-1-2-20(27)25-9-11-26(12-10-25)21-24-18-8-5-16(23)14-19(18)29-21/h3-8,14H,1-2,9-13H2. The van der Waals surface area contributed by atoms with E-state index >= 15 is 0 Å². The third-order valence-corrected chi connectivity index (χ3v) is 7.04. The van der Waals surface area contributed by atoms with Gasteiger partial charge >= 0.3 is 0 Å². The van der Waals surface area contributed by atoms with Crippen molar-refractivity contribution in [2.24, 2.45) is 0 Å². The number of benzene rings is 2. The van der Waals surface area contributed by atoms with E-state index in [-0.39, 0.29) is 17.5 Å². The second kappa shape index (κ2) is 9.09. The molecule has 1 amide bonds. The Bertz CT molecular complexity index is 985. The number of piperazine rings is 1. The molecule has 4 nitrogen and oxygen atoms in total. The van der Waals surface area contributed by atoms with Crippen molar-refractivity contribution in [1.82, 2.24) is 9.88 Å². The lowest BCUT2D eigenvalue weighted by Gasteiger charge is -2.34. The predicted octanol–water partition coefficient (Wildman–Crippen LogP) is 4.80. The van der Waals surface area contributed by atoms with Crippen molar-refractivity contribution in [3.8, 4) is 0 Å². The highest BCUT2D eigenvalue weighted by Gasteiger charge is 2.22. The van der Waals surface area contributed by atoms with Crippen molar-refractivity contribution in [2.45, 2.75) is 17.7 Å². The minimum Gasteiger partial charge on any atom is -0.345 e. The number of fused-ring (bicyclic) bond motifs is 1. The Labute approximate surface area is 176 Å². The molecule has 4 rings (SSSR count). The lowest BCUT2D eigenvalue weighted by atomic mass is 10.2. The molecule has 8 heteroatoms. The van der Waals surface area contributed by atoms with Gasteiger partial charge in [-0.1, -0.05) is 11.3 Å². The number of thioether (sulfide) groups is 1. The van der Waals surface area contributed by atoms with Gasteiger partial charge in [-0.2, -0.15) is 0 Å². The van der Waals surface area contributed by atoms with E-state index in [1.807, 2.05) is 4.90 Å². The van der Waals surface area contributed by atoms with E-state index in [4.69, 9.17) is 0 Å². The molecule has 0 bridgehead atoms. The van der Waals surface area contributed by atoms with E-state index in [0.717, 1.165) is 45.5 Å². The predicted molar refractivity (Wildman–Crippen MR) is 115 cm³/mol. The quantitative estimate of drug-likeness (QED) is 0.414. The number of carbonyl (C=O) groups is 1. The fourth-order valence-electron chi connectivity index (χ4n) is 3.27. The first-order chi connectivity index (χ1) is 14.1. The number of hydrogen-bond donors (Lipinski definition) is 0. The monoisotopic (exact) mass is 433 g/mol. The molecule has 0 spiro atoms. The molecule has 2 aromatic carbocycles. The van der Waals surface area contributed by atoms with Crippen LogP contribution in [0.3, 0.4) is 0 Å².